The van der Waals surface area contributed by atoms with Crippen molar-refractivity contribution in [2.24, 2.45) is 0 Å². The van der Waals surface area contributed by atoms with E-state index in [1.165, 1.54) is 30.5 Å². The fourth-order valence-corrected chi connectivity index (χ4v) is 7.45. The Balaban J connectivity index is 1.28. The maximum absolute atomic E-state index is 16.6. The number of phenols is 1. The van der Waals surface area contributed by atoms with E-state index in [2.05, 4.69) is 25.1 Å². The number of aromatic hydroxyl groups is 1. The summed E-state index contributed by atoms with van der Waals surface area (Å²) in [5.41, 5.74) is -0.499. The summed E-state index contributed by atoms with van der Waals surface area (Å²) in [4.78, 5) is 18.2. The van der Waals surface area contributed by atoms with Crippen molar-refractivity contribution < 1.29 is 23.0 Å². The molecule has 3 aliphatic heterocycles. The van der Waals surface area contributed by atoms with E-state index in [1.54, 1.807) is 6.07 Å². The summed E-state index contributed by atoms with van der Waals surface area (Å²) in [6.45, 7) is 3.67. The van der Waals surface area contributed by atoms with Crippen LogP contribution in [0.1, 0.15) is 32.1 Å². The van der Waals surface area contributed by atoms with E-state index in [9.17, 15) is 9.50 Å². The fraction of sp³-hybridized carbons (Fsp3) is 0.452. The first-order valence-corrected chi connectivity index (χ1v) is 14.6. The molecule has 42 heavy (non-hydrogen) atoms. The molecule has 3 saturated heterocycles. The number of nitrogens with one attached hydrogen (secondary N) is 1. The summed E-state index contributed by atoms with van der Waals surface area (Å²) in [5.74, 6) is -0.872. The molecule has 0 bridgehead atoms. The van der Waals surface area contributed by atoms with Crippen molar-refractivity contribution in [1.29, 1.82) is 0 Å². The molecule has 1 saturated carbocycles. The van der Waals surface area contributed by atoms with Gasteiger partial charge in [0.25, 0.3) is 0 Å². The number of piperazine rings is 1. The van der Waals surface area contributed by atoms with E-state index in [1.807, 2.05) is 0 Å². The third-order valence-corrected chi connectivity index (χ3v) is 9.66. The summed E-state index contributed by atoms with van der Waals surface area (Å²) >= 11 is 0. The predicted molar refractivity (Wildman–Crippen MR) is 153 cm³/mol. The molecule has 1 spiro atoms. The van der Waals surface area contributed by atoms with Crippen molar-refractivity contribution in [3.63, 3.8) is 0 Å². The number of rotatable bonds is 5. The Hall–Kier alpha value is -3.70. The molecular formula is C31H31F3N6O2. The lowest BCUT2D eigenvalue weighted by Gasteiger charge is -2.38. The first kappa shape index (κ1) is 26.0. The minimum absolute atomic E-state index is 0.0118. The second-order valence-electron chi connectivity index (χ2n) is 12.3. The smallest absolute Gasteiger partial charge is 0.319 e. The summed E-state index contributed by atoms with van der Waals surface area (Å²) < 4.78 is 52.2. The zero-order valence-corrected chi connectivity index (χ0v) is 23.0. The van der Waals surface area contributed by atoms with Gasteiger partial charge in [-0.15, -0.1) is 0 Å². The number of halogens is 3. The van der Waals surface area contributed by atoms with Crippen molar-refractivity contribution in [1.82, 2.24) is 25.2 Å². The molecular weight excluding hydrogens is 545 g/mol. The maximum Gasteiger partial charge on any atom is 0.319 e. The number of anilines is 1. The minimum atomic E-state index is -0.902. The molecule has 2 atom stereocenters. The lowest BCUT2D eigenvalue weighted by atomic mass is 9.95. The first-order chi connectivity index (χ1) is 20.4. The molecule has 1 aliphatic carbocycles. The second-order valence-corrected chi connectivity index (χ2v) is 12.3. The van der Waals surface area contributed by atoms with Crippen LogP contribution in [0.25, 0.3) is 32.9 Å². The van der Waals surface area contributed by atoms with Crippen LogP contribution in [-0.2, 0) is 0 Å². The highest BCUT2D eigenvalue weighted by Crippen LogP contribution is 2.47. The van der Waals surface area contributed by atoms with Gasteiger partial charge in [-0.3, -0.25) is 9.88 Å². The number of alkyl halides is 1. The van der Waals surface area contributed by atoms with Gasteiger partial charge in [0.15, 0.2) is 5.82 Å². The molecule has 8 rings (SSSR count). The Morgan fingerprint density at radius 1 is 1.12 bits per heavy atom. The highest BCUT2D eigenvalue weighted by atomic mass is 19.1. The first-order valence-electron chi connectivity index (χ1n) is 14.6. The molecule has 2 aromatic heterocycles. The van der Waals surface area contributed by atoms with Gasteiger partial charge >= 0.3 is 6.01 Å². The van der Waals surface area contributed by atoms with Gasteiger partial charge < -0.3 is 20.1 Å². The maximum atomic E-state index is 16.6. The average Bonchev–Trinajstić information content (AvgIpc) is 3.51. The van der Waals surface area contributed by atoms with Crippen LogP contribution in [0.2, 0.25) is 0 Å². The van der Waals surface area contributed by atoms with Gasteiger partial charge in [0.1, 0.15) is 41.4 Å². The van der Waals surface area contributed by atoms with Crippen LogP contribution in [0, 0.1) is 11.6 Å². The van der Waals surface area contributed by atoms with Gasteiger partial charge in [0.2, 0.25) is 0 Å². The molecule has 4 fully saturated rings. The number of phenolic OH excluding ortho intramolecular Hbond substituents is 1. The number of aromatic nitrogens is 3. The number of hydrogen-bond donors (Lipinski definition) is 2. The average molecular weight is 577 g/mol. The second kappa shape index (κ2) is 9.40. The molecule has 11 heteroatoms. The van der Waals surface area contributed by atoms with Gasteiger partial charge in [-0.05, 0) is 55.8 Å². The number of benzene rings is 2. The quantitative estimate of drug-likeness (QED) is 0.353. The fourth-order valence-electron chi connectivity index (χ4n) is 7.45. The Labute approximate surface area is 240 Å². The molecule has 0 unspecified atom stereocenters. The van der Waals surface area contributed by atoms with Crippen molar-refractivity contribution in [3.05, 3.63) is 48.2 Å². The van der Waals surface area contributed by atoms with Crippen LogP contribution in [0.3, 0.4) is 0 Å². The number of fused-ring (bicyclic) bond motifs is 3. The molecule has 4 aliphatic rings. The predicted octanol–water partition coefficient (Wildman–Crippen LogP) is 4.73. The van der Waals surface area contributed by atoms with E-state index >= 15 is 8.78 Å². The normalized spacial score (nSPS) is 25.0. The summed E-state index contributed by atoms with van der Waals surface area (Å²) in [6.07, 6.45) is 4.80. The lowest BCUT2D eigenvalue weighted by molar-refractivity contribution is 0.107. The highest BCUT2D eigenvalue weighted by Gasteiger charge is 2.51. The number of hydrogen-bond acceptors (Lipinski definition) is 8. The molecule has 2 N–H and O–H groups in total. The third-order valence-electron chi connectivity index (χ3n) is 9.66. The van der Waals surface area contributed by atoms with Gasteiger partial charge in [-0.2, -0.15) is 9.97 Å². The van der Waals surface area contributed by atoms with Gasteiger partial charge in [-0.1, -0.05) is 12.1 Å². The van der Waals surface area contributed by atoms with Crippen molar-refractivity contribution in [2.45, 2.75) is 49.4 Å². The van der Waals surface area contributed by atoms with Crippen LogP contribution in [0.4, 0.5) is 19.0 Å². The zero-order chi connectivity index (χ0) is 28.6. The van der Waals surface area contributed by atoms with Crippen LogP contribution < -0.4 is 15.0 Å². The summed E-state index contributed by atoms with van der Waals surface area (Å²) in [6, 6.07) is 7.27. The standard InChI is InChI=1S/C31H31F3N6O2/c32-19-13-31(5-2-9-39(31)15-19)17-42-29-37-27-22(28(38-29)40-10-8-35-16-30(40)6-7-30)14-36-26(25(27)34)21-12-20(41)11-18-3-1-4-23(33)24(18)21/h1,3-4,11-12,14,19,35,41H,2,5-10,13,15-17H2/t19-,31+/m1/s1. The molecule has 8 nitrogen and oxygen atoms in total. The van der Waals surface area contributed by atoms with Gasteiger partial charge in [0, 0.05) is 49.7 Å². The zero-order valence-electron chi connectivity index (χ0n) is 23.0. The Kier molecular flexibility index (Phi) is 5.81. The van der Waals surface area contributed by atoms with Crippen molar-refractivity contribution in [3.8, 4) is 23.0 Å². The molecule has 218 valence electrons. The van der Waals surface area contributed by atoms with Crippen LogP contribution in [0.5, 0.6) is 11.8 Å². The summed E-state index contributed by atoms with van der Waals surface area (Å²) in [7, 11) is 0. The number of ether oxygens (including phenoxy) is 1. The van der Waals surface area contributed by atoms with Crippen LogP contribution in [0.15, 0.2) is 36.5 Å². The highest BCUT2D eigenvalue weighted by molar-refractivity contribution is 6.00. The SMILES string of the molecule is Oc1cc(-c2ncc3c(N4CCNCC45CC5)nc(OC[C@@]45CCCN4C[C@H](F)C5)nc3c2F)c2c(F)cccc2c1. The van der Waals surface area contributed by atoms with E-state index < -0.39 is 23.3 Å². The van der Waals surface area contributed by atoms with E-state index in [0.29, 0.717) is 36.1 Å². The number of pyridine rings is 1. The molecule has 2 aromatic carbocycles. The number of nitrogens with zero attached hydrogens (tertiary/aromatic N) is 5. The minimum Gasteiger partial charge on any atom is -0.508 e. The van der Waals surface area contributed by atoms with Crippen molar-refractivity contribution in [2.75, 3.05) is 44.2 Å². The summed E-state index contributed by atoms with van der Waals surface area (Å²) in [5, 5.41) is 14.9. The Morgan fingerprint density at radius 3 is 2.86 bits per heavy atom. The molecule has 4 aromatic rings. The van der Waals surface area contributed by atoms with Gasteiger partial charge in [-0.25, -0.2) is 13.2 Å². The van der Waals surface area contributed by atoms with E-state index in [4.69, 9.17) is 9.72 Å². The van der Waals surface area contributed by atoms with Crippen molar-refractivity contribution >= 4 is 27.5 Å². The van der Waals surface area contributed by atoms with Crippen LogP contribution in [-0.4, -0.2) is 81.5 Å². The largest absolute Gasteiger partial charge is 0.508 e. The van der Waals surface area contributed by atoms with Gasteiger partial charge in [0.05, 0.1) is 16.5 Å². The topological polar surface area (TPSA) is 86.6 Å². The van der Waals surface area contributed by atoms with E-state index in [0.717, 1.165) is 45.3 Å². The monoisotopic (exact) mass is 576 g/mol. The third kappa shape index (κ3) is 4.00. The molecule has 0 amide bonds. The Bertz CT molecular complexity index is 1730. The van der Waals surface area contributed by atoms with Crippen LogP contribution >= 0.6 is 0 Å². The molecule has 0 radical (unpaired) electrons. The molecule has 5 heterocycles. The van der Waals surface area contributed by atoms with E-state index in [-0.39, 0.29) is 46.1 Å². The lowest BCUT2D eigenvalue weighted by Crippen LogP contribution is -2.53. The Morgan fingerprint density at radius 2 is 2.00 bits per heavy atom.